The minimum absolute atomic E-state index is 0.235. The first-order chi connectivity index (χ1) is 13.2. The highest BCUT2D eigenvalue weighted by molar-refractivity contribution is 7.71. The van der Waals surface area contributed by atoms with E-state index in [4.69, 9.17) is 22.1 Å². The molecule has 0 N–H and O–H groups in total. The molecule has 1 unspecified atom stereocenters. The summed E-state index contributed by atoms with van der Waals surface area (Å²) in [7, 11) is 0. The Morgan fingerprint density at radius 3 is 2.67 bits per heavy atom. The van der Waals surface area contributed by atoms with Gasteiger partial charge in [0.25, 0.3) is 0 Å². The second-order valence-electron chi connectivity index (χ2n) is 6.81. The summed E-state index contributed by atoms with van der Waals surface area (Å²) in [6.45, 7) is 5.99. The lowest BCUT2D eigenvalue weighted by atomic mass is 10.2. The van der Waals surface area contributed by atoms with E-state index in [1.54, 1.807) is 12.4 Å². The Balaban J connectivity index is 1.69. The Bertz CT molecular complexity index is 938. The number of hydrogen-bond acceptors (Lipinski definition) is 5. The van der Waals surface area contributed by atoms with E-state index < -0.39 is 0 Å². The number of hydrogen-bond donors (Lipinski definition) is 0. The lowest BCUT2D eigenvalue weighted by Gasteiger charge is -2.30. The molecule has 0 aliphatic carbocycles. The van der Waals surface area contributed by atoms with Gasteiger partial charge in [-0.3, -0.25) is 14.5 Å². The van der Waals surface area contributed by atoms with Gasteiger partial charge in [0.2, 0.25) is 0 Å². The fourth-order valence-electron chi connectivity index (χ4n) is 3.36. The van der Waals surface area contributed by atoms with Crippen LogP contribution >= 0.6 is 12.2 Å². The topological polar surface area (TPSA) is 48.1 Å². The van der Waals surface area contributed by atoms with Crippen LogP contribution in [0, 0.1) is 4.77 Å². The van der Waals surface area contributed by atoms with Crippen LogP contribution in [-0.4, -0.2) is 50.0 Å². The van der Waals surface area contributed by atoms with Gasteiger partial charge < -0.3 is 4.74 Å². The normalized spacial score (nSPS) is 17.9. The molecule has 1 aliphatic rings. The molecule has 1 aliphatic heterocycles. The van der Waals surface area contributed by atoms with Crippen molar-refractivity contribution in [3.63, 3.8) is 0 Å². The van der Waals surface area contributed by atoms with Gasteiger partial charge in [0, 0.05) is 31.0 Å². The lowest BCUT2D eigenvalue weighted by Crippen LogP contribution is -2.42. The SMILES string of the molecule is CC1CN(Cn2nc(-c3ccncc3)n(Cc3ccccc3)c2=S)CCO1. The van der Waals surface area contributed by atoms with Crippen molar-refractivity contribution in [1.82, 2.24) is 24.2 Å². The fraction of sp³-hybridized carbons (Fsp3) is 0.350. The van der Waals surface area contributed by atoms with Crippen molar-refractivity contribution in [2.24, 2.45) is 0 Å². The van der Waals surface area contributed by atoms with Crippen LogP contribution in [0.25, 0.3) is 11.4 Å². The molecule has 3 heterocycles. The van der Waals surface area contributed by atoms with Gasteiger partial charge in [0.05, 0.1) is 25.9 Å². The third-order valence-corrected chi connectivity index (χ3v) is 5.14. The molecule has 140 valence electrons. The van der Waals surface area contributed by atoms with E-state index in [2.05, 4.69) is 33.5 Å². The summed E-state index contributed by atoms with van der Waals surface area (Å²) >= 11 is 5.80. The van der Waals surface area contributed by atoms with E-state index in [1.807, 2.05) is 35.0 Å². The van der Waals surface area contributed by atoms with Gasteiger partial charge in [-0.2, -0.15) is 5.10 Å². The van der Waals surface area contributed by atoms with Crippen LogP contribution in [0.3, 0.4) is 0 Å². The standard InChI is InChI=1S/C20H23N5OS/c1-16-13-23(11-12-26-16)15-25-20(27)24(14-17-5-3-2-4-6-17)19(22-25)18-7-9-21-10-8-18/h2-10,16H,11-15H2,1H3. The number of aromatic nitrogens is 4. The Labute approximate surface area is 164 Å². The number of morpholine rings is 1. The van der Waals surface area contributed by atoms with Crippen molar-refractivity contribution in [2.45, 2.75) is 26.2 Å². The van der Waals surface area contributed by atoms with Crippen molar-refractivity contribution in [3.05, 3.63) is 65.2 Å². The minimum Gasteiger partial charge on any atom is -0.376 e. The largest absolute Gasteiger partial charge is 0.376 e. The zero-order valence-corrected chi connectivity index (χ0v) is 16.2. The maximum Gasteiger partial charge on any atom is 0.199 e. The van der Waals surface area contributed by atoms with E-state index in [1.165, 1.54) is 5.56 Å². The maximum atomic E-state index is 5.80. The van der Waals surface area contributed by atoms with Crippen molar-refractivity contribution in [2.75, 3.05) is 19.7 Å². The Morgan fingerprint density at radius 2 is 1.93 bits per heavy atom. The molecular formula is C20H23N5OS. The maximum absolute atomic E-state index is 5.80. The Kier molecular flexibility index (Phi) is 5.42. The molecule has 6 nitrogen and oxygen atoms in total. The zero-order chi connectivity index (χ0) is 18.6. The van der Waals surface area contributed by atoms with Crippen LogP contribution in [0.1, 0.15) is 12.5 Å². The number of rotatable bonds is 5. The van der Waals surface area contributed by atoms with Gasteiger partial charge >= 0.3 is 0 Å². The van der Waals surface area contributed by atoms with E-state index in [0.717, 1.165) is 35.9 Å². The monoisotopic (exact) mass is 381 g/mol. The summed E-state index contributed by atoms with van der Waals surface area (Å²) in [5.41, 5.74) is 2.21. The Morgan fingerprint density at radius 1 is 1.15 bits per heavy atom. The molecule has 7 heteroatoms. The zero-order valence-electron chi connectivity index (χ0n) is 15.4. The average molecular weight is 382 g/mol. The van der Waals surface area contributed by atoms with Crippen molar-refractivity contribution in [1.29, 1.82) is 0 Å². The molecule has 2 aromatic heterocycles. The predicted molar refractivity (Wildman–Crippen MR) is 107 cm³/mol. The highest BCUT2D eigenvalue weighted by Gasteiger charge is 2.19. The summed E-state index contributed by atoms with van der Waals surface area (Å²) in [4.78, 5) is 6.46. The minimum atomic E-state index is 0.235. The first-order valence-corrected chi connectivity index (χ1v) is 9.57. The molecule has 0 amide bonds. The summed E-state index contributed by atoms with van der Waals surface area (Å²) < 4.78 is 10.4. The van der Waals surface area contributed by atoms with E-state index in [-0.39, 0.29) is 6.10 Å². The molecule has 27 heavy (non-hydrogen) atoms. The second kappa shape index (κ2) is 8.12. The number of ether oxygens (including phenoxy) is 1. The van der Waals surface area contributed by atoms with E-state index in [9.17, 15) is 0 Å². The molecule has 1 saturated heterocycles. The molecule has 1 fully saturated rings. The van der Waals surface area contributed by atoms with Gasteiger partial charge in [-0.25, -0.2) is 4.68 Å². The quantitative estimate of drug-likeness (QED) is 0.635. The van der Waals surface area contributed by atoms with Crippen LogP contribution < -0.4 is 0 Å². The first-order valence-electron chi connectivity index (χ1n) is 9.16. The van der Waals surface area contributed by atoms with Gasteiger partial charge in [-0.05, 0) is 36.8 Å². The van der Waals surface area contributed by atoms with Crippen LogP contribution in [-0.2, 0) is 18.0 Å². The first kappa shape index (κ1) is 18.0. The van der Waals surface area contributed by atoms with E-state index in [0.29, 0.717) is 13.2 Å². The average Bonchev–Trinajstić information content (AvgIpc) is 2.99. The fourth-order valence-corrected chi connectivity index (χ4v) is 3.61. The second-order valence-corrected chi connectivity index (χ2v) is 7.18. The van der Waals surface area contributed by atoms with Crippen LogP contribution in [0.5, 0.6) is 0 Å². The van der Waals surface area contributed by atoms with Crippen molar-refractivity contribution in [3.8, 4) is 11.4 Å². The molecule has 0 radical (unpaired) electrons. The van der Waals surface area contributed by atoms with Gasteiger partial charge in [0.15, 0.2) is 10.6 Å². The number of benzene rings is 1. The van der Waals surface area contributed by atoms with Gasteiger partial charge in [-0.1, -0.05) is 30.3 Å². The number of nitrogens with zero attached hydrogens (tertiary/aromatic N) is 5. The summed E-state index contributed by atoms with van der Waals surface area (Å²) in [6, 6.07) is 14.3. The summed E-state index contributed by atoms with van der Waals surface area (Å²) in [5.74, 6) is 0.868. The molecule has 1 atom stereocenters. The smallest absolute Gasteiger partial charge is 0.199 e. The lowest BCUT2D eigenvalue weighted by molar-refractivity contribution is -0.0307. The molecular weight excluding hydrogens is 358 g/mol. The van der Waals surface area contributed by atoms with E-state index >= 15 is 0 Å². The molecule has 3 aromatic rings. The van der Waals surface area contributed by atoms with Crippen LogP contribution in [0.4, 0.5) is 0 Å². The van der Waals surface area contributed by atoms with Gasteiger partial charge in [-0.15, -0.1) is 0 Å². The van der Waals surface area contributed by atoms with Gasteiger partial charge in [0.1, 0.15) is 0 Å². The third-order valence-electron chi connectivity index (χ3n) is 4.70. The third kappa shape index (κ3) is 4.16. The molecule has 4 rings (SSSR count). The highest BCUT2D eigenvalue weighted by atomic mass is 32.1. The summed E-state index contributed by atoms with van der Waals surface area (Å²) in [5, 5.41) is 4.86. The van der Waals surface area contributed by atoms with Crippen LogP contribution in [0.2, 0.25) is 0 Å². The number of pyridine rings is 1. The molecule has 1 aromatic carbocycles. The molecule has 0 bridgehead atoms. The molecule has 0 saturated carbocycles. The highest BCUT2D eigenvalue weighted by Crippen LogP contribution is 2.20. The van der Waals surface area contributed by atoms with Crippen molar-refractivity contribution >= 4 is 12.2 Å². The Hall–Kier alpha value is -2.35. The molecule has 0 spiro atoms. The van der Waals surface area contributed by atoms with Crippen LogP contribution in [0.15, 0.2) is 54.9 Å². The predicted octanol–water partition coefficient (Wildman–Crippen LogP) is 3.20. The summed E-state index contributed by atoms with van der Waals surface area (Å²) in [6.07, 6.45) is 3.81. The van der Waals surface area contributed by atoms with Crippen molar-refractivity contribution < 1.29 is 4.74 Å².